The molecule has 3 rings (SSSR count). The van der Waals surface area contributed by atoms with Crippen molar-refractivity contribution >= 4 is 23.6 Å². The summed E-state index contributed by atoms with van der Waals surface area (Å²) in [4.78, 5) is 26.6. The first-order chi connectivity index (χ1) is 13.7. The number of nitrogens with one attached hydrogen (secondary N) is 1. The SMILES string of the molecule is N#CCc1ccc(NC(=O)C2CCN(C(=O)/C=C/c3ccccc3)CC2)cc1. The van der Waals surface area contributed by atoms with E-state index in [0.717, 1.165) is 16.8 Å². The second-order valence-electron chi connectivity index (χ2n) is 6.86. The minimum atomic E-state index is -0.0964. The molecule has 5 heteroatoms. The van der Waals surface area contributed by atoms with Crippen LogP contribution in [-0.4, -0.2) is 29.8 Å². The Hall–Kier alpha value is -3.39. The van der Waals surface area contributed by atoms with Crippen molar-refractivity contribution in [2.75, 3.05) is 18.4 Å². The molecule has 2 aromatic carbocycles. The van der Waals surface area contributed by atoms with Crippen molar-refractivity contribution in [2.24, 2.45) is 5.92 Å². The van der Waals surface area contributed by atoms with Crippen molar-refractivity contribution in [3.63, 3.8) is 0 Å². The predicted molar refractivity (Wildman–Crippen MR) is 109 cm³/mol. The number of carbonyl (C=O) groups is 2. The third-order valence-electron chi connectivity index (χ3n) is 4.90. The molecule has 28 heavy (non-hydrogen) atoms. The number of anilines is 1. The lowest BCUT2D eigenvalue weighted by Crippen LogP contribution is -2.40. The normalized spacial score (nSPS) is 14.6. The van der Waals surface area contributed by atoms with Gasteiger partial charge in [-0.05, 0) is 42.2 Å². The Kier molecular flexibility index (Phi) is 6.59. The number of hydrogen-bond acceptors (Lipinski definition) is 3. The highest BCUT2D eigenvalue weighted by atomic mass is 16.2. The summed E-state index contributed by atoms with van der Waals surface area (Å²) >= 11 is 0. The number of likely N-dealkylation sites (tertiary alicyclic amines) is 1. The van der Waals surface area contributed by atoms with Crippen LogP contribution in [0.25, 0.3) is 6.08 Å². The summed E-state index contributed by atoms with van der Waals surface area (Å²) in [5, 5.41) is 11.6. The molecular formula is C23H23N3O2. The van der Waals surface area contributed by atoms with Gasteiger partial charge in [-0.3, -0.25) is 9.59 Å². The molecule has 0 radical (unpaired) electrons. The van der Waals surface area contributed by atoms with Gasteiger partial charge in [-0.2, -0.15) is 5.26 Å². The van der Waals surface area contributed by atoms with E-state index in [0.29, 0.717) is 32.4 Å². The van der Waals surface area contributed by atoms with E-state index >= 15 is 0 Å². The molecule has 0 unspecified atom stereocenters. The number of benzene rings is 2. The maximum absolute atomic E-state index is 12.5. The quantitative estimate of drug-likeness (QED) is 0.813. The van der Waals surface area contributed by atoms with Crippen molar-refractivity contribution in [2.45, 2.75) is 19.3 Å². The molecule has 1 aliphatic heterocycles. The Bertz CT molecular complexity index is 874. The molecule has 0 aromatic heterocycles. The zero-order chi connectivity index (χ0) is 19.8. The molecule has 1 saturated heterocycles. The number of hydrogen-bond donors (Lipinski definition) is 1. The van der Waals surface area contributed by atoms with E-state index in [1.54, 1.807) is 11.0 Å². The molecule has 0 spiro atoms. The second kappa shape index (κ2) is 9.52. The first-order valence-corrected chi connectivity index (χ1v) is 9.44. The summed E-state index contributed by atoms with van der Waals surface area (Å²) in [6, 6.07) is 19.1. The van der Waals surface area contributed by atoms with Crippen LogP contribution in [0.5, 0.6) is 0 Å². The van der Waals surface area contributed by atoms with Crippen LogP contribution in [0.15, 0.2) is 60.7 Å². The van der Waals surface area contributed by atoms with E-state index in [2.05, 4.69) is 11.4 Å². The lowest BCUT2D eigenvalue weighted by molar-refractivity contribution is -0.130. The topological polar surface area (TPSA) is 73.2 Å². The van der Waals surface area contributed by atoms with E-state index in [-0.39, 0.29) is 17.7 Å². The Morgan fingerprint density at radius 1 is 1.07 bits per heavy atom. The summed E-state index contributed by atoms with van der Waals surface area (Å²) < 4.78 is 0. The van der Waals surface area contributed by atoms with Crippen LogP contribution in [0.3, 0.4) is 0 Å². The molecule has 0 atom stereocenters. The van der Waals surface area contributed by atoms with Crippen molar-refractivity contribution in [1.29, 1.82) is 5.26 Å². The van der Waals surface area contributed by atoms with Crippen LogP contribution in [0.2, 0.25) is 0 Å². The first-order valence-electron chi connectivity index (χ1n) is 9.44. The molecular weight excluding hydrogens is 350 g/mol. The number of carbonyl (C=O) groups excluding carboxylic acids is 2. The minimum Gasteiger partial charge on any atom is -0.339 e. The van der Waals surface area contributed by atoms with Crippen LogP contribution >= 0.6 is 0 Å². The highest BCUT2D eigenvalue weighted by molar-refractivity contribution is 5.94. The van der Waals surface area contributed by atoms with E-state index < -0.39 is 0 Å². The average molecular weight is 373 g/mol. The lowest BCUT2D eigenvalue weighted by Gasteiger charge is -2.30. The number of rotatable bonds is 5. The van der Waals surface area contributed by atoms with Crippen molar-refractivity contribution < 1.29 is 9.59 Å². The molecule has 0 aliphatic carbocycles. The third kappa shape index (κ3) is 5.31. The fourth-order valence-electron chi connectivity index (χ4n) is 3.24. The van der Waals surface area contributed by atoms with Gasteiger partial charge in [-0.15, -0.1) is 0 Å². The maximum Gasteiger partial charge on any atom is 0.246 e. The molecule has 1 heterocycles. The number of amides is 2. The Labute approximate surface area is 165 Å². The fraction of sp³-hybridized carbons (Fsp3) is 0.261. The summed E-state index contributed by atoms with van der Waals surface area (Å²) in [6.45, 7) is 1.16. The van der Waals surface area contributed by atoms with Crippen molar-refractivity contribution in [3.05, 3.63) is 71.8 Å². The van der Waals surface area contributed by atoms with Gasteiger partial charge in [0.1, 0.15) is 0 Å². The van der Waals surface area contributed by atoms with Gasteiger partial charge in [-0.1, -0.05) is 42.5 Å². The monoisotopic (exact) mass is 373 g/mol. The molecule has 2 amide bonds. The fourth-order valence-corrected chi connectivity index (χ4v) is 3.24. The van der Waals surface area contributed by atoms with Gasteiger partial charge < -0.3 is 10.2 Å². The van der Waals surface area contributed by atoms with Crippen LogP contribution in [-0.2, 0) is 16.0 Å². The van der Waals surface area contributed by atoms with E-state index in [9.17, 15) is 9.59 Å². The van der Waals surface area contributed by atoms with Gasteiger partial charge in [0.25, 0.3) is 0 Å². The number of nitrogens with zero attached hydrogens (tertiary/aromatic N) is 2. The second-order valence-corrected chi connectivity index (χ2v) is 6.86. The Balaban J connectivity index is 1.47. The molecule has 0 saturated carbocycles. The number of piperidine rings is 1. The van der Waals surface area contributed by atoms with E-state index in [1.165, 1.54) is 0 Å². The van der Waals surface area contributed by atoms with Gasteiger partial charge in [0.15, 0.2) is 0 Å². The van der Waals surface area contributed by atoms with Gasteiger partial charge in [-0.25, -0.2) is 0 Å². The largest absolute Gasteiger partial charge is 0.339 e. The zero-order valence-corrected chi connectivity index (χ0v) is 15.7. The number of nitriles is 1. The molecule has 1 fully saturated rings. The Morgan fingerprint density at radius 2 is 1.75 bits per heavy atom. The van der Waals surface area contributed by atoms with Crippen LogP contribution in [0, 0.1) is 17.2 Å². The first kappa shape index (κ1) is 19.4. The van der Waals surface area contributed by atoms with Crippen molar-refractivity contribution in [1.82, 2.24) is 4.90 Å². The lowest BCUT2D eigenvalue weighted by atomic mass is 9.95. The third-order valence-corrected chi connectivity index (χ3v) is 4.90. The summed E-state index contributed by atoms with van der Waals surface area (Å²) in [7, 11) is 0. The van der Waals surface area contributed by atoms with Gasteiger partial charge >= 0.3 is 0 Å². The van der Waals surface area contributed by atoms with Gasteiger partial charge in [0, 0.05) is 30.8 Å². The predicted octanol–water partition coefficient (Wildman–Crippen LogP) is 3.64. The molecule has 5 nitrogen and oxygen atoms in total. The molecule has 2 aromatic rings. The average Bonchev–Trinajstić information content (AvgIpc) is 2.74. The van der Waals surface area contributed by atoms with Gasteiger partial charge in [0.05, 0.1) is 12.5 Å². The minimum absolute atomic E-state index is 0.0139. The van der Waals surface area contributed by atoms with E-state index in [1.807, 2.05) is 60.7 Å². The summed E-state index contributed by atoms with van der Waals surface area (Å²) in [6.07, 6.45) is 5.08. The smallest absolute Gasteiger partial charge is 0.246 e. The van der Waals surface area contributed by atoms with Crippen LogP contribution in [0.1, 0.15) is 24.0 Å². The highest BCUT2D eigenvalue weighted by Gasteiger charge is 2.26. The molecule has 0 bridgehead atoms. The Morgan fingerprint density at radius 3 is 2.39 bits per heavy atom. The van der Waals surface area contributed by atoms with E-state index in [4.69, 9.17) is 5.26 Å². The zero-order valence-electron chi connectivity index (χ0n) is 15.7. The summed E-state index contributed by atoms with van der Waals surface area (Å²) in [5.74, 6) is -0.128. The molecule has 1 aliphatic rings. The van der Waals surface area contributed by atoms with Crippen LogP contribution < -0.4 is 5.32 Å². The van der Waals surface area contributed by atoms with Crippen molar-refractivity contribution in [3.8, 4) is 6.07 Å². The van der Waals surface area contributed by atoms with Gasteiger partial charge in [0.2, 0.25) is 11.8 Å². The summed E-state index contributed by atoms with van der Waals surface area (Å²) in [5.41, 5.74) is 2.65. The standard InChI is InChI=1S/C23H23N3O2/c24-15-12-19-6-9-21(10-7-19)25-23(28)20-13-16-26(17-14-20)22(27)11-8-18-4-2-1-3-5-18/h1-11,20H,12-14,16-17H2,(H,25,28)/b11-8+. The molecule has 142 valence electrons. The maximum atomic E-state index is 12.5. The van der Waals surface area contributed by atoms with Crippen LogP contribution in [0.4, 0.5) is 5.69 Å². The molecule has 1 N–H and O–H groups in total. The highest BCUT2D eigenvalue weighted by Crippen LogP contribution is 2.20.